The maximum absolute atomic E-state index is 12.0. The molecule has 0 bridgehead atoms. The number of amides is 2. The van der Waals surface area contributed by atoms with Gasteiger partial charge in [0.25, 0.3) is 0 Å². The normalized spacial score (nSPS) is 22.1. The van der Waals surface area contributed by atoms with Crippen molar-refractivity contribution < 1.29 is 9.59 Å². The zero-order chi connectivity index (χ0) is 15.9. The number of hydrogen-bond donors (Lipinski definition) is 3. The van der Waals surface area contributed by atoms with Gasteiger partial charge in [-0.1, -0.05) is 36.8 Å². The average Bonchev–Trinajstić information content (AvgIpc) is 2.90. The lowest BCUT2D eigenvalue weighted by atomic mass is 10.00. The van der Waals surface area contributed by atoms with Crippen LogP contribution in [0.15, 0.2) is 30.3 Å². The SMILES string of the molecule is CC(NC(=O)C[C@@H]1CCC[C@H]1N)C(=O)NCc1ccccc1. The van der Waals surface area contributed by atoms with Gasteiger partial charge >= 0.3 is 0 Å². The van der Waals surface area contributed by atoms with E-state index in [1.54, 1.807) is 6.92 Å². The summed E-state index contributed by atoms with van der Waals surface area (Å²) < 4.78 is 0. The van der Waals surface area contributed by atoms with Gasteiger partial charge in [0, 0.05) is 19.0 Å². The third kappa shape index (κ3) is 4.84. The zero-order valence-corrected chi connectivity index (χ0v) is 13.0. The highest BCUT2D eigenvalue weighted by molar-refractivity contribution is 5.87. The van der Waals surface area contributed by atoms with Gasteiger partial charge in [-0.2, -0.15) is 0 Å². The summed E-state index contributed by atoms with van der Waals surface area (Å²) in [5, 5.41) is 5.58. The predicted octanol–water partition coefficient (Wildman–Crippen LogP) is 1.33. The molecule has 0 saturated heterocycles. The largest absolute Gasteiger partial charge is 0.350 e. The van der Waals surface area contributed by atoms with Gasteiger partial charge in [-0.15, -0.1) is 0 Å². The van der Waals surface area contributed by atoms with E-state index in [0.717, 1.165) is 24.8 Å². The van der Waals surface area contributed by atoms with Gasteiger partial charge in [-0.05, 0) is 31.2 Å². The highest BCUT2D eigenvalue weighted by Gasteiger charge is 2.27. The van der Waals surface area contributed by atoms with Crippen molar-refractivity contribution in [2.45, 2.75) is 51.2 Å². The molecule has 1 unspecified atom stereocenters. The van der Waals surface area contributed by atoms with Gasteiger partial charge in [0.15, 0.2) is 0 Å². The van der Waals surface area contributed by atoms with E-state index in [1.165, 1.54) is 0 Å². The van der Waals surface area contributed by atoms with Crippen LogP contribution in [0.5, 0.6) is 0 Å². The summed E-state index contributed by atoms with van der Waals surface area (Å²) in [5.74, 6) is -0.0165. The Labute approximate surface area is 131 Å². The van der Waals surface area contributed by atoms with Crippen molar-refractivity contribution >= 4 is 11.8 Å². The summed E-state index contributed by atoms with van der Waals surface area (Å²) in [6.45, 7) is 2.17. The monoisotopic (exact) mass is 303 g/mol. The van der Waals surface area contributed by atoms with Crippen LogP contribution in [0.3, 0.4) is 0 Å². The first-order valence-corrected chi connectivity index (χ1v) is 7.93. The van der Waals surface area contributed by atoms with E-state index in [2.05, 4.69) is 10.6 Å². The van der Waals surface area contributed by atoms with E-state index in [-0.39, 0.29) is 23.8 Å². The van der Waals surface area contributed by atoms with Crippen molar-refractivity contribution in [1.82, 2.24) is 10.6 Å². The van der Waals surface area contributed by atoms with Crippen LogP contribution in [0, 0.1) is 5.92 Å². The van der Waals surface area contributed by atoms with Gasteiger partial charge in [0.05, 0.1) is 0 Å². The molecular formula is C17H25N3O2. The highest BCUT2D eigenvalue weighted by atomic mass is 16.2. The fourth-order valence-corrected chi connectivity index (χ4v) is 2.86. The first-order valence-electron chi connectivity index (χ1n) is 7.93. The first-order chi connectivity index (χ1) is 10.6. The summed E-state index contributed by atoms with van der Waals surface area (Å²) in [5.41, 5.74) is 7.00. The summed E-state index contributed by atoms with van der Waals surface area (Å²) in [6.07, 6.45) is 3.50. The second-order valence-corrected chi connectivity index (χ2v) is 6.05. The van der Waals surface area contributed by atoms with E-state index >= 15 is 0 Å². The molecule has 3 atom stereocenters. The Bertz CT molecular complexity index is 504. The molecule has 4 N–H and O–H groups in total. The van der Waals surface area contributed by atoms with Crippen molar-refractivity contribution in [3.8, 4) is 0 Å². The van der Waals surface area contributed by atoms with E-state index in [1.807, 2.05) is 30.3 Å². The lowest BCUT2D eigenvalue weighted by Gasteiger charge is -2.18. The van der Waals surface area contributed by atoms with Gasteiger partial charge in [0.2, 0.25) is 11.8 Å². The van der Waals surface area contributed by atoms with Crippen LogP contribution in [-0.4, -0.2) is 23.9 Å². The van der Waals surface area contributed by atoms with E-state index in [4.69, 9.17) is 5.73 Å². The molecule has 2 amide bonds. The van der Waals surface area contributed by atoms with Crippen molar-refractivity contribution in [3.05, 3.63) is 35.9 Å². The third-order valence-corrected chi connectivity index (χ3v) is 4.25. The molecule has 5 nitrogen and oxygen atoms in total. The molecular weight excluding hydrogens is 278 g/mol. The number of carbonyl (C=O) groups is 2. The van der Waals surface area contributed by atoms with Crippen molar-refractivity contribution in [1.29, 1.82) is 0 Å². The maximum atomic E-state index is 12.0. The Hall–Kier alpha value is -1.88. The lowest BCUT2D eigenvalue weighted by molar-refractivity contribution is -0.129. The predicted molar refractivity (Wildman–Crippen MR) is 85.8 cm³/mol. The quantitative estimate of drug-likeness (QED) is 0.741. The van der Waals surface area contributed by atoms with Gasteiger partial charge in [-0.3, -0.25) is 9.59 Å². The van der Waals surface area contributed by atoms with E-state index < -0.39 is 6.04 Å². The third-order valence-electron chi connectivity index (χ3n) is 4.25. The second kappa shape index (κ2) is 7.94. The fraction of sp³-hybridized carbons (Fsp3) is 0.529. The fourth-order valence-electron chi connectivity index (χ4n) is 2.86. The number of carbonyl (C=O) groups excluding carboxylic acids is 2. The molecule has 1 aliphatic carbocycles. The Morgan fingerprint density at radius 2 is 2.00 bits per heavy atom. The molecule has 2 rings (SSSR count). The van der Waals surface area contributed by atoms with Crippen LogP contribution in [0.4, 0.5) is 0 Å². The summed E-state index contributed by atoms with van der Waals surface area (Å²) in [7, 11) is 0. The second-order valence-electron chi connectivity index (χ2n) is 6.05. The molecule has 120 valence electrons. The van der Waals surface area contributed by atoms with Crippen LogP contribution in [0.1, 0.15) is 38.2 Å². The standard InChI is InChI=1S/C17H25N3O2/c1-12(17(22)19-11-13-6-3-2-4-7-13)20-16(21)10-14-8-5-9-15(14)18/h2-4,6-7,12,14-15H,5,8-11,18H2,1H3,(H,19,22)(H,20,21)/t12?,14-,15+/m0/s1. The maximum Gasteiger partial charge on any atom is 0.242 e. The lowest BCUT2D eigenvalue weighted by Crippen LogP contribution is -2.45. The van der Waals surface area contributed by atoms with Crippen LogP contribution in [0.2, 0.25) is 0 Å². The van der Waals surface area contributed by atoms with Crippen molar-refractivity contribution in [3.63, 3.8) is 0 Å². The minimum absolute atomic E-state index is 0.0929. The van der Waals surface area contributed by atoms with Crippen LogP contribution in [0.25, 0.3) is 0 Å². The molecule has 1 aromatic carbocycles. The minimum atomic E-state index is -0.533. The molecule has 0 aliphatic heterocycles. The summed E-state index contributed by atoms with van der Waals surface area (Å²) in [6, 6.07) is 9.27. The molecule has 1 aliphatic rings. The summed E-state index contributed by atoms with van der Waals surface area (Å²) in [4.78, 5) is 24.0. The van der Waals surface area contributed by atoms with Crippen LogP contribution < -0.4 is 16.4 Å². The Morgan fingerprint density at radius 1 is 1.27 bits per heavy atom. The molecule has 5 heteroatoms. The Morgan fingerprint density at radius 3 is 2.64 bits per heavy atom. The van der Waals surface area contributed by atoms with Gasteiger partial charge in [-0.25, -0.2) is 0 Å². The first kappa shape index (κ1) is 16.5. The molecule has 22 heavy (non-hydrogen) atoms. The molecule has 0 radical (unpaired) electrons. The van der Waals surface area contributed by atoms with Crippen LogP contribution >= 0.6 is 0 Å². The summed E-state index contributed by atoms with van der Waals surface area (Å²) >= 11 is 0. The molecule has 0 aromatic heterocycles. The van der Waals surface area contributed by atoms with Crippen LogP contribution in [-0.2, 0) is 16.1 Å². The number of nitrogens with two attached hydrogens (primary N) is 1. The number of hydrogen-bond acceptors (Lipinski definition) is 3. The topological polar surface area (TPSA) is 84.2 Å². The highest BCUT2D eigenvalue weighted by Crippen LogP contribution is 2.26. The number of rotatable bonds is 6. The average molecular weight is 303 g/mol. The molecule has 1 aromatic rings. The smallest absolute Gasteiger partial charge is 0.242 e. The minimum Gasteiger partial charge on any atom is -0.350 e. The van der Waals surface area contributed by atoms with Gasteiger partial charge in [0.1, 0.15) is 6.04 Å². The zero-order valence-electron chi connectivity index (χ0n) is 13.0. The molecule has 0 spiro atoms. The number of nitrogens with one attached hydrogen (secondary N) is 2. The number of benzene rings is 1. The van der Waals surface area contributed by atoms with Crippen molar-refractivity contribution in [2.75, 3.05) is 0 Å². The van der Waals surface area contributed by atoms with E-state index in [9.17, 15) is 9.59 Å². The Balaban J connectivity index is 1.72. The molecule has 1 saturated carbocycles. The van der Waals surface area contributed by atoms with Gasteiger partial charge < -0.3 is 16.4 Å². The Kier molecular flexibility index (Phi) is 5.95. The molecule has 1 fully saturated rings. The van der Waals surface area contributed by atoms with E-state index in [0.29, 0.717) is 13.0 Å². The van der Waals surface area contributed by atoms with Crippen molar-refractivity contribution in [2.24, 2.45) is 11.7 Å². The molecule has 0 heterocycles.